The van der Waals surface area contributed by atoms with E-state index in [-0.39, 0.29) is 6.03 Å². The molecule has 2 saturated heterocycles. The Morgan fingerprint density at radius 3 is 2.78 bits per heavy atom. The summed E-state index contributed by atoms with van der Waals surface area (Å²) in [7, 11) is 0. The molecule has 0 aliphatic carbocycles. The van der Waals surface area contributed by atoms with E-state index < -0.39 is 0 Å². The van der Waals surface area contributed by atoms with Gasteiger partial charge in [0.25, 0.3) is 0 Å². The highest BCUT2D eigenvalue weighted by molar-refractivity contribution is 5.90. The lowest BCUT2D eigenvalue weighted by molar-refractivity contribution is 0.103. The van der Waals surface area contributed by atoms with E-state index in [0.717, 1.165) is 63.6 Å². The Labute approximate surface area is 137 Å². The number of anilines is 1. The zero-order chi connectivity index (χ0) is 16.2. The molecule has 3 rings (SSSR count). The van der Waals surface area contributed by atoms with E-state index >= 15 is 0 Å². The lowest BCUT2D eigenvalue weighted by Gasteiger charge is -2.37. The standard InChI is InChI=1S/C16H26N6O/c1-3-20-8-10-21(11-9-20)14-5-7-22(12-14)16(23)18-15-4-6-17-19-13(15)2/h4,6,14H,3,5,7-12H2,1-2H3,(H,17,18,23). The summed E-state index contributed by atoms with van der Waals surface area (Å²) in [5, 5.41) is 10.7. The number of likely N-dealkylation sites (N-methyl/N-ethyl adjacent to an activating group) is 1. The zero-order valence-electron chi connectivity index (χ0n) is 14.0. The zero-order valence-corrected chi connectivity index (χ0v) is 14.0. The van der Waals surface area contributed by atoms with Gasteiger partial charge in [-0.15, -0.1) is 0 Å². The molecule has 2 amide bonds. The number of urea groups is 1. The normalized spacial score (nSPS) is 23.2. The Morgan fingerprint density at radius 2 is 2.09 bits per heavy atom. The van der Waals surface area contributed by atoms with Crippen LogP contribution >= 0.6 is 0 Å². The molecular formula is C16H26N6O. The third-order valence-electron chi connectivity index (χ3n) is 4.97. The van der Waals surface area contributed by atoms with Crippen LogP contribution in [-0.2, 0) is 0 Å². The van der Waals surface area contributed by atoms with Gasteiger partial charge in [0, 0.05) is 45.3 Å². The van der Waals surface area contributed by atoms with Gasteiger partial charge >= 0.3 is 6.03 Å². The average Bonchev–Trinajstić information content (AvgIpc) is 3.07. The summed E-state index contributed by atoms with van der Waals surface area (Å²) in [6.45, 7) is 11.3. The number of nitrogens with zero attached hydrogens (tertiary/aromatic N) is 5. The second kappa shape index (κ2) is 7.23. The molecule has 126 valence electrons. The minimum Gasteiger partial charge on any atom is -0.323 e. The smallest absolute Gasteiger partial charge is 0.321 e. The largest absolute Gasteiger partial charge is 0.323 e. The number of rotatable bonds is 3. The molecule has 1 aromatic heterocycles. The minimum absolute atomic E-state index is 0.0317. The van der Waals surface area contributed by atoms with Crippen molar-refractivity contribution in [3.63, 3.8) is 0 Å². The summed E-state index contributed by atoms with van der Waals surface area (Å²) < 4.78 is 0. The van der Waals surface area contributed by atoms with E-state index in [2.05, 4.69) is 32.2 Å². The van der Waals surface area contributed by atoms with Crippen LogP contribution in [0.15, 0.2) is 12.3 Å². The Kier molecular flexibility index (Phi) is 5.07. The van der Waals surface area contributed by atoms with E-state index in [9.17, 15) is 4.79 Å². The van der Waals surface area contributed by atoms with E-state index in [1.165, 1.54) is 0 Å². The number of aryl methyl sites for hydroxylation is 1. The van der Waals surface area contributed by atoms with Crippen molar-refractivity contribution < 1.29 is 4.79 Å². The summed E-state index contributed by atoms with van der Waals surface area (Å²) in [6.07, 6.45) is 2.66. The monoisotopic (exact) mass is 318 g/mol. The maximum absolute atomic E-state index is 12.4. The third-order valence-corrected chi connectivity index (χ3v) is 4.97. The molecule has 7 heteroatoms. The van der Waals surface area contributed by atoms with Gasteiger partial charge in [0.2, 0.25) is 0 Å². The lowest BCUT2D eigenvalue weighted by Crippen LogP contribution is -2.51. The van der Waals surface area contributed by atoms with Crippen LogP contribution in [0.1, 0.15) is 19.0 Å². The highest BCUT2D eigenvalue weighted by atomic mass is 16.2. The van der Waals surface area contributed by atoms with Crippen molar-refractivity contribution in [3.8, 4) is 0 Å². The SMILES string of the molecule is CCN1CCN(C2CCN(C(=O)Nc3ccnnc3C)C2)CC1. The van der Waals surface area contributed by atoms with Gasteiger partial charge in [-0.1, -0.05) is 6.92 Å². The van der Waals surface area contributed by atoms with E-state index in [4.69, 9.17) is 0 Å². The molecule has 23 heavy (non-hydrogen) atoms. The molecule has 3 heterocycles. The topological polar surface area (TPSA) is 64.6 Å². The Morgan fingerprint density at radius 1 is 1.30 bits per heavy atom. The number of nitrogens with one attached hydrogen (secondary N) is 1. The van der Waals surface area contributed by atoms with E-state index in [0.29, 0.717) is 6.04 Å². The maximum atomic E-state index is 12.4. The van der Waals surface area contributed by atoms with Crippen LogP contribution in [0.25, 0.3) is 0 Å². The molecule has 1 unspecified atom stereocenters. The highest BCUT2D eigenvalue weighted by Crippen LogP contribution is 2.19. The number of hydrogen-bond donors (Lipinski definition) is 1. The predicted octanol–water partition coefficient (Wildman–Crippen LogP) is 1.03. The number of likely N-dealkylation sites (tertiary alicyclic amines) is 1. The van der Waals surface area contributed by atoms with Gasteiger partial charge in [-0.3, -0.25) is 4.90 Å². The number of hydrogen-bond acceptors (Lipinski definition) is 5. The fraction of sp³-hybridized carbons (Fsp3) is 0.688. The summed E-state index contributed by atoms with van der Waals surface area (Å²) in [4.78, 5) is 19.4. The van der Waals surface area contributed by atoms with Crippen molar-refractivity contribution in [2.75, 3.05) is 51.1 Å². The molecule has 1 aromatic rings. The summed E-state index contributed by atoms with van der Waals surface area (Å²) >= 11 is 0. The first kappa shape index (κ1) is 16.1. The second-order valence-electron chi connectivity index (χ2n) is 6.32. The van der Waals surface area contributed by atoms with Crippen molar-refractivity contribution in [3.05, 3.63) is 18.0 Å². The Hall–Kier alpha value is -1.73. The first-order chi connectivity index (χ1) is 11.2. The molecule has 0 spiro atoms. The quantitative estimate of drug-likeness (QED) is 0.902. The van der Waals surface area contributed by atoms with Gasteiger partial charge in [-0.05, 0) is 26.0 Å². The molecule has 7 nitrogen and oxygen atoms in total. The van der Waals surface area contributed by atoms with Crippen LogP contribution in [0.4, 0.5) is 10.5 Å². The number of carbonyl (C=O) groups excluding carboxylic acids is 1. The fourth-order valence-corrected chi connectivity index (χ4v) is 3.40. The van der Waals surface area contributed by atoms with Gasteiger partial charge < -0.3 is 15.1 Å². The fourth-order valence-electron chi connectivity index (χ4n) is 3.40. The molecule has 2 aliphatic rings. The van der Waals surface area contributed by atoms with Gasteiger partial charge in [0.05, 0.1) is 17.6 Å². The molecule has 0 saturated carbocycles. The molecule has 0 radical (unpaired) electrons. The van der Waals surface area contributed by atoms with Gasteiger partial charge in [-0.2, -0.15) is 10.2 Å². The first-order valence-electron chi connectivity index (χ1n) is 8.48. The number of aromatic nitrogens is 2. The first-order valence-corrected chi connectivity index (χ1v) is 8.48. The Bertz CT molecular complexity index is 543. The van der Waals surface area contributed by atoms with E-state index in [1.54, 1.807) is 12.3 Å². The third kappa shape index (κ3) is 3.79. The molecule has 2 fully saturated rings. The van der Waals surface area contributed by atoms with Crippen LogP contribution in [0.3, 0.4) is 0 Å². The minimum atomic E-state index is -0.0317. The molecule has 1 atom stereocenters. The molecule has 1 N–H and O–H groups in total. The van der Waals surface area contributed by atoms with Gasteiger partial charge in [0.1, 0.15) is 0 Å². The summed E-state index contributed by atoms with van der Waals surface area (Å²) in [6, 6.07) is 2.25. The van der Waals surface area contributed by atoms with Crippen LogP contribution in [0.2, 0.25) is 0 Å². The van der Waals surface area contributed by atoms with E-state index in [1.807, 2.05) is 11.8 Å². The molecule has 2 aliphatic heterocycles. The van der Waals surface area contributed by atoms with Crippen LogP contribution in [-0.4, -0.2) is 82.8 Å². The Balaban J connectivity index is 1.51. The molecule has 0 aromatic carbocycles. The molecule has 0 bridgehead atoms. The summed E-state index contributed by atoms with van der Waals surface area (Å²) in [5.41, 5.74) is 1.48. The van der Waals surface area contributed by atoms with Gasteiger partial charge in [-0.25, -0.2) is 4.79 Å². The number of piperazine rings is 1. The van der Waals surface area contributed by atoms with Crippen molar-refractivity contribution in [1.82, 2.24) is 24.9 Å². The van der Waals surface area contributed by atoms with Crippen molar-refractivity contribution in [2.45, 2.75) is 26.3 Å². The molecular weight excluding hydrogens is 292 g/mol. The number of carbonyl (C=O) groups is 1. The summed E-state index contributed by atoms with van der Waals surface area (Å²) in [5.74, 6) is 0. The lowest BCUT2D eigenvalue weighted by atomic mass is 10.2. The number of amides is 2. The van der Waals surface area contributed by atoms with Crippen LogP contribution < -0.4 is 5.32 Å². The average molecular weight is 318 g/mol. The van der Waals surface area contributed by atoms with Gasteiger partial charge in [0.15, 0.2) is 0 Å². The van der Waals surface area contributed by atoms with Crippen LogP contribution in [0.5, 0.6) is 0 Å². The van der Waals surface area contributed by atoms with Crippen molar-refractivity contribution in [1.29, 1.82) is 0 Å². The highest BCUT2D eigenvalue weighted by Gasteiger charge is 2.32. The van der Waals surface area contributed by atoms with Crippen molar-refractivity contribution >= 4 is 11.7 Å². The van der Waals surface area contributed by atoms with Crippen molar-refractivity contribution in [2.24, 2.45) is 0 Å². The van der Waals surface area contributed by atoms with Crippen LogP contribution in [0, 0.1) is 6.92 Å². The second-order valence-corrected chi connectivity index (χ2v) is 6.32. The predicted molar refractivity (Wildman–Crippen MR) is 89.5 cm³/mol. The maximum Gasteiger partial charge on any atom is 0.321 e.